The Kier molecular flexibility index (Phi) is 6.17. The first-order valence-electron chi connectivity index (χ1n) is 6.92. The van der Waals surface area contributed by atoms with Crippen LogP contribution in [0.15, 0.2) is 24.3 Å². The summed E-state index contributed by atoms with van der Waals surface area (Å²) in [5.74, 6) is -0.572. The van der Waals surface area contributed by atoms with E-state index in [1.54, 1.807) is 0 Å². The summed E-state index contributed by atoms with van der Waals surface area (Å²) in [5, 5.41) is 5.32. The summed E-state index contributed by atoms with van der Waals surface area (Å²) in [6.07, 6.45) is 0. The van der Waals surface area contributed by atoms with E-state index in [4.69, 9.17) is 5.73 Å². The zero-order chi connectivity index (χ0) is 16.0. The lowest BCUT2D eigenvalue weighted by molar-refractivity contribution is -0.125. The average molecular weight is 292 g/mol. The molecule has 0 spiro atoms. The predicted octanol–water partition coefficient (Wildman–Crippen LogP) is 0.791. The Bertz CT molecular complexity index is 500. The summed E-state index contributed by atoms with van der Waals surface area (Å²) >= 11 is 0. The molecule has 0 aliphatic rings. The number of hydrogen-bond acceptors (Lipinski definition) is 4. The second-order valence-corrected chi connectivity index (χ2v) is 5.45. The molecule has 0 aromatic heterocycles. The molecule has 0 saturated heterocycles. The molecular weight excluding hydrogens is 268 g/mol. The van der Waals surface area contributed by atoms with Gasteiger partial charge in [-0.15, -0.1) is 0 Å². The van der Waals surface area contributed by atoms with Crippen LogP contribution in [0.1, 0.15) is 13.8 Å². The third kappa shape index (κ3) is 5.07. The van der Waals surface area contributed by atoms with Gasteiger partial charge in [0.15, 0.2) is 0 Å². The zero-order valence-electron chi connectivity index (χ0n) is 13.0. The van der Waals surface area contributed by atoms with Crippen LogP contribution < -0.4 is 21.3 Å². The van der Waals surface area contributed by atoms with Crippen LogP contribution in [0, 0.1) is 5.92 Å². The van der Waals surface area contributed by atoms with E-state index in [1.807, 2.05) is 57.1 Å². The minimum absolute atomic E-state index is 0.0301. The molecule has 6 nitrogen and oxygen atoms in total. The first-order chi connectivity index (χ1) is 9.82. The van der Waals surface area contributed by atoms with Gasteiger partial charge in [0.2, 0.25) is 11.8 Å². The van der Waals surface area contributed by atoms with Gasteiger partial charge >= 0.3 is 0 Å². The van der Waals surface area contributed by atoms with Gasteiger partial charge in [-0.05, 0) is 18.1 Å². The summed E-state index contributed by atoms with van der Waals surface area (Å²) in [6.45, 7) is 3.62. The predicted molar refractivity (Wildman–Crippen MR) is 85.2 cm³/mol. The summed E-state index contributed by atoms with van der Waals surface area (Å²) in [5.41, 5.74) is 7.31. The van der Waals surface area contributed by atoms with Crippen molar-refractivity contribution in [1.82, 2.24) is 5.32 Å². The minimum Gasteiger partial charge on any atom is -0.376 e. The van der Waals surface area contributed by atoms with Crippen LogP contribution in [0.3, 0.4) is 0 Å². The van der Waals surface area contributed by atoms with E-state index >= 15 is 0 Å². The molecule has 2 amide bonds. The van der Waals surface area contributed by atoms with Crippen LogP contribution in [0.25, 0.3) is 0 Å². The molecule has 1 rings (SSSR count). The third-order valence-electron chi connectivity index (χ3n) is 3.10. The second-order valence-electron chi connectivity index (χ2n) is 5.45. The SMILES string of the molecule is CC(C)[C@H](N)C(=O)NCC(=O)Nc1ccccc1N(C)C. The quantitative estimate of drug-likeness (QED) is 0.723. The number of hydrogen-bond donors (Lipinski definition) is 3. The lowest BCUT2D eigenvalue weighted by Crippen LogP contribution is -2.46. The summed E-state index contributed by atoms with van der Waals surface area (Å²) < 4.78 is 0. The van der Waals surface area contributed by atoms with Crippen LogP contribution in [-0.4, -0.2) is 38.5 Å². The molecule has 1 aromatic carbocycles. The van der Waals surface area contributed by atoms with Gasteiger partial charge in [0.25, 0.3) is 0 Å². The van der Waals surface area contributed by atoms with Gasteiger partial charge in [-0.2, -0.15) is 0 Å². The van der Waals surface area contributed by atoms with Gasteiger partial charge in [-0.1, -0.05) is 26.0 Å². The zero-order valence-corrected chi connectivity index (χ0v) is 13.0. The summed E-state index contributed by atoms with van der Waals surface area (Å²) in [4.78, 5) is 25.5. The lowest BCUT2D eigenvalue weighted by Gasteiger charge is -2.18. The Morgan fingerprint density at radius 2 is 1.86 bits per heavy atom. The van der Waals surface area contributed by atoms with Crippen molar-refractivity contribution in [3.63, 3.8) is 0 Å². The molecule has 4 N–H and O–H groups in total. The van der Waals surface area contributed by atoms with Crippen molar-refractivity contribution in [2.45, 2.75) is 19.9 Å². The molecule has 1 atom stereocenters. The van der Waals surface area contributed by atoms with Crippen molar-refractivity contribution in [2.75, 3.05) is 30.9 Å². The van der Waals surface area contributed by atoms with E-state index in [2.05, 4.69) is 10.6 Å². The average Bonchev–Trinajstić information content (AvgIpc) is 2.44. The van der Waals surface area contributed by atoms with Crippen LogP contribution in [0.5, 0.6) is 0 Å². The second kappa shape index (κ2) is 7.64. The van der Waals surface area contributed by atoms with Gasteiger partial charge in [-0.3, -0.25) is 9.59 Å². The number of carbonyl (C=O) groups excluding carboxylic acids is 2. The number of carbonyl (C=O) groups is 2. The molecule has 0 aliphatic carbocycles. The highest BCUT2D eigenvalue weighted by molar-refractivity contribution is 5.97. The minimum atomic E-state index is -0.605. The molecule has 0 fully saturated rings. The fraction of sp³-hybridized carbons (Fsp3) is 0.467. The van der Waals surface area contributed by atoms with Gasteiger partial charge in [-0.25, -0.2) is 0 Å². The number of nitrogens with one attached hydrogen (secondary N) is 2. The van der Waals surface area contributed by atoms with Crippen molar-refractivity contribution in [3.05, 3.63) is 24.3 Å². The first-order valence-corrected chi connectivity index (χ1v) is 6.92. The Labute approximate surface area is 125 Å². The number of amides is 2. The van der Waals surface area contributed by atoms with Crippen LogP contribution in [0.4, 0.5) is 11.4 Å². The number of anilines is 2. The molecule has 0 saturated carbocycles. The monoisotopic (exact) mass is 292 g/mol. The van der Waals surface area contributed by atoms with Crippen LogP contribution >= 0.6 is 0 Å². The Balaban J connectivity index is 2.57. The largest absolute Gasteiger partial charge is 0.376 e. The molecule has 0 unspecified atom stereocenters. The van der Waals surface area contributed by atoms with Gasteiger partial charge < -0.3 is 21.3 Å². The number of nitrogens with two attached hydrogens (primary N) is 1. The van der Waals surface area contributed by atoms with E-state index in [0.29, 0.717) is 5.69 Å². The maximum absolute atomic E-state index is 11.9. The molecule has 0 aliphatic heterocycles. The Hall–Kier alpha value is -2.08. The number of benzene rings is 1. The van der Waals surface area contributed by atoms with Crippen molar-refractivity contribution in [3.8, 4) is 0 Å². The van der Waals surface area contributed by atoms with Gasteiger partial charge in [0.05, 0.1) is 24.0 Å². The van der Waals surface area contributed by atoms with Crippen molar-refractivity contribution >= 4 is 23.2 Å². The van der Waals surface area contributed by atoms with E-state index in [-0.39, 0.29) is 24.3 Å². The van der Waals surface area contributed by atoms with Gasteiger partial charge in [0, 0.05) is 14.1 Å². The summed E-state index contributed by atoms with van der Waals surface area (Å²) in [6, 6.07) is 6.86. The highest BCUT2D eigenvalue weighted by atomic mass is 16.2. The molecule has 21 heavy (non-hydrogen) atoms. The first kappa shape index (κ1) is 17.0. The topological polar surface area (TPSA) is 87.5 Å². The normalized spacial score (nSPS) is 11.9. The number of nitrogens with zero attached hydrogens (tertiary/aromatic N) is 1. The van der Waals surface area contributed by atoms with Crippen LogP contribution in [-0.2, 0) is 9.59 Å². The van der Waals surface area contributed by atoms with E-state index in [1.165, 1.54) is 0 Å². The lowest BCUT2D eigenvalue weighted by atomic mass is 10.1. The highest BCUT2D eigenvalue weighted by Crippen LogP contribution is 2.23. The smallest absolute Gasteiger partial charge is 0.243 e. The maximum Gasteiger partial charge on any atom is 0.243 e. The molecule has 0 heterocycles. The summed E-state index contributed by atoms with van der Waals surface area (Å²) in [7, 11) is 3.79. The van der Waals surface area contributed by atoms with E-state index in [9.17, 15) is 9.59 Å². The number of para-hydroxylation sites is 2. The number of rotatable bonds is 6. The molecule has 1 aromatic rings. The molecule has 116 valence electrons. The van der Waals surface area contributed by atoms with Gasteiger partial charge in [0.1, 0.15) is 0 Å². The molecule has 0 bridgehead atoms. The Morgan fingerprint density at radius 1 is 1.24 bits per heavy atom. The molecule has 0 radical (unpaired) electrons. The van der Waals surface area contributed by atoms with E-state index < -0.39 is 6.04 Å². The van der Waals surface area contributed by atoms with E-state index in [0.717, 1.165) is 5.69 Å². The van der Waals surface area contributed by atoms with Crippen molar-refractivity contribution < 1.29 is 9.59 Å². The van der Waals surface area contributed by atoms with Crippen molar-refractivity contribution in [1.29, 1.82) is 0 Å². The standard InChI is InChI=1S/C15H24N4O2/c1-10(2)14(16)15(21)17-9-13(20)18-11-7-5-6-8-12(11)19(3)4/h5-8,10,14H,9,16H2,1-4H3,(H,17,21)(H,18,20)/t14-/m0/s1. The fourth-order valence-electron chi connectivity index (χ4n) is 1.75. The highest BCUT2D eigenvalue weighted by Gasteiger charge is 2.17. The Morgan fingerprint density at radius 3 is 2.43 bits per heavy atom. The fourth-order valence-corrected chi connectivity index (χ4v) is 1.75. The van der Waals surface area contributed by atoms with Crippen LogP contribution in [0.2, 0.25) is 0 Å². The van der Waals surface area contributed by atoms with Crippen molar-refractivity contribution in [2.24, 2.45) is 11.7 Å². The molecule has 6 heteroatoms. The third-order valence-corrected chi connectivity index (χ3v) is 3.10. The molecular formula is C15H24N4O2. The maximum atomic E-state index is 11.9.